The Morgan fingerprint density at radius 1 is 1.16 bits per heavy atom. The summed E-state index contributed by atoms with van der Waals surface area (Å²) in [6.45, 7) is 9.23. The largest absolute Gasteiger partial charge is 0.148 e. The number of aryl methyl sites for hydroxylation is 2. The molecule has 1 aromatic heterocycles. The van der Waals surface area contributed by atoms with E-state index < -0.39 is 0 Å². The Bertz CT molecular complexity index is 617. The minimum atomic E-state index is 0.336. The van der Waals surface area contributed by atoms with Gasteiger partial charge >= 0.3 is 0 Å². The smallest absolute Gasteiger partial charge is 0.00497 e. The Morgan fingerprint density at radius 3 is 2.63 bits per heavy atom. The first kappa shape index (κ1) is 12.9. The van der Waals surface area contributed by atoms with Gasteiger partial charge in [-0.05, 0) is 71.7 Å². The van der Waals surface area contributed by atoms with Crippen LogP contribution in [0, 0.1) is 13.8 Å². The Balaban J connectivity index is 2.13. The summed E-state index contributed by atoms with van der Waals surface area (Å²) in [4.78, 5) is 1.44. The zero-order valence-electron chi connectivity index (χ0n) is 12.3. The quantitative estimate of drug-likeness (QED) is 0.628. The van der Waals surface area contributed by atoms with Gasteiger partial charge in [0.1, 0.15) is 0 Å². The van der Waals surface area contributed by atoms with Crippen molar-refractivity contribution >= 4 is 11.3 Å². The fourth-order valence-electron chi connectivity index (χ4n) is 3.25. The Hall–Kier alpha value is -1.08. The monoisotopic (exact) mass is 270 g/mol. The van der Waals surface area contributed by atoms with Crippen LogP contribution >= 0.6 is 11.3 Å². The van der Waals surface area contributed by atoms with Gasteiger partial charge in [0, 0.05) is 4.88 Å². The maximum Gasteiger partial charge on any atom is 0.00497 e. The molecule has 2 aromatic rings. The second-order valence-electron chi connectivity index (χ2n) is 6.44. The fourth-order valence-corrected chi connectivity index (χ4v) is 4.14. The second kappa shape index (κ2) is 4.49. The molecule has 3 rings (SSSR count). The maximum atomic E-state index is 2.45. The highest BCUT2D eigenvalue weighted by Gasteiger charge is 2.27. The van der Waals surface area contributed by atoms with Crippen LogP contribution in [-0.4, -0.2) is 0 Å². The lowest BCUT2D eigenvalue weighted by Crippen LogP contribution is -2.23. The van der Waals surface area contributed by atoms with E-state index in [4.69, 9.17) is 0 Å². The predicted octanol–water partition coefficient (Wildman–Crippen LogP) is 5.65. The van der Waals surface area contributed by atoms with Crippen molar-refractivity contribution in [3.05, 3.63) is 45.1 Å². The standard InChI is InChI=1S/C18H22S/c1-12-13(2)19-11-16(12)15-8-7-14-6-5-9-18(3,4)17(14)10-15/h7-8,10-11H,5-6,9H2,1-4H3. The van der Waals surface area contributed by atoms with E-state index in [1.54, 1.807) is 11.1 Å². The number of benzene rings is 1. The topological polar surface area (TPSA) is 0 Å². The predicted molar refractivity (Wildman–Crippen MR) is 85.2 cm³/mol. The third-order valence-electron chi connectivity index (χ3n) is 4.68. The number of rotatable bonds is 1. The van der Waals surface area contributed by atoms with Crippen LogP contribution in [0.5, 0.6) is 0 Å². The Labute approximate surface area is 120 Å². The van der Waals surface area contributed by atoms with Gasteiger partial charge in [-0.3, -0.25) is 0 Å². The van der Waals surface area contributed by atoms with Crippen LogP contribution in [0.3, 0.4) is 0 Å². The normalized spacial score (nSPS) is 17.3. The van der Waals surface area contributed by atoms with Crippen molar-refractivity contribution in [2.75, 3.05) is 0 Å². The molecule has 0 saturated heterocycles. The number of hydrogen-bond donors (Lipinski definition) is 0. The van der Waals surface area contributed by atoms with Gasteiger partial charge in [-0.15, -0.1) is 11.3 Å². The lowest BCUT2D eigenvalue weighted by molar-refractivity contribution is 0.432. The van der Waals surface area contributed by atoms with Crippen molar-refractivity contribution in [2.45, 2.75) is 52.4 Å². The summed E-state index contributed by atoms with van der Waals surface area (Å²) in [6.07, 6.45) is 3.89. The van der Waals surface area contributed by atoms with Gasteiger partial charge in [0.25, 0.3) is 0 Å². The van der Waals surface area contributed by atoms with Crippen LogP contribution in [0.4, 0.5) is 0 Å². The maximum absolute atomic E-state index is 2.45. The van der Waals surface area contributed by atoms with E-state index in [0.717, 1.165) is 0 Å². The molecular formula is C18H22S. The third-order valence-corrected chi connectivity index (χ3v) is 5.70. The summed E-state index contributed by atoms with van der Waals surface area (Å²) >= 11 is 1.86. The van der Waals surface area contributed by atoms with Gasteiger partial charge in [-0.1, -0.05) is 32.0 Å². The second-order valence-corrected chi connectivity index (χ2v) is 7.52. The molecule has 0 spiro atoms. The molecule has 0 fully saturated rings. The van der Waals surface area contributed by atoms with Crippen molar-refractivity contribution in [3.63, 3.8) is 0 Å². The van der Waals surface area contributed by atoms with Crippen molar-refractivity contribution < 1.29 is 0 Å². The molecule has 1 aromatic carbocycles. The van der Waals surface area contributed by atoms with Crippen LogP contribution < -0.4 is 0 Å². The molecular weight excluding hydrogens is 248 g/mol. The Morgan fingerprint density at radius 2 is 1.95 bits per heavy atom. The molecule has 0 unspecified atom stereocenters. The van der Waals surface area contributed by atoms with Gasteiger partial charge in [0.2, 0.25) is 0 Å². The van der Waals surface area contributed by atoms with Crippen molar-refractivity contribution in [2.24, 2.45) is 0 Å². The molecule has 1 heteroatoms. The molecule has 0 nitrogen and oxygen atoms in total. The average molecular weight is 270 g/mol. The van der Waals surface area contributed by atoms with Crippen LogP contribution in [0.25, 0.3) is 11.1 Å². The Kier molecular flexibility index (Phi) is 3.05. The first-order chi connectivity index (χ1) is 8.99. The van der Waals surface area contributed by atoms with E-state index in [1.165, 1.54) is 40.8 Å². The van der Waals surface area contributed by atoms with Crippen LogP contribution in [0.1, 0.15) is 48.3 Å². The van der Waals surface area contributed by atoms with Gasteiger partial charge in [-0.25, -0.2) is 0 Å². The fraction of sp³-hybridized carbons (Fsp3) is 0.444. The lowest BCUT2D eigenvalue weighted by atomic mass is 9.72. The summed E-state index contributed by atoms with van der Waals surface area (Å²) in [5.74, 6) is 0. The zero-order chi connectivity index (χ0) is 13.6. The van der Waals surface area contributed by atoms with E-state index in [0.29, 0.717) is 5.41 Å². The van der Waals surface area contributed by atoms with E-state index in [-0.39, 0.29) is 0 Å². The summed E-state index contributed by atoms with van der Waals surface area (Å²) in [5, 5.41) is 2.31. The average Bonchev–Trinajstić information content (AvgIpc) is 2.70. The first-order valence-electron chi connectivity index (χ1n) is 7.17. The molecule has 0 atom stereocenters. The SMILES string of the molecule is Cc1scc(-c2ccc3c(c2)C(C)(C)CCC3)c1C. The van der Waals surface area contributed by atoms with E-state index in [9.17, 15) is 0 Å². The van der Waals surface area contributed by atoms with Crippen molar-refractivity contribution in [1.29, 1.82) is 0 Å². The zero-order valence-corrected chi connectivity index (χ0v) is 13.2. The van der Waals surface area contributed by atoms with Gasteiger partial charge in [-0.2, -0.15) is 0 Å². The van der Waals surface area contributed by atoms with E-state index >= 15 is 0 Å². The van der Waals surface area contributed by atoms with Gasteiger partial charge in [0.15, 0.2) is 0 Å². The summed E-state index contributed by atoms with van der Waals surface area (Å²) in [6, 6.07) is 7.12. The molecule has 0 bridgehead atoms. The highest BCUT2D eigenvalue weighted by molar-refractivity contribution is 7.10. The molecule has 1 aliphatic carbocycles. The number of thiophene rings is 1. The molecule has 1 aliphatic rings. The summed E-state index contributed by atoms with van der Waals surface area (Å²) in [7, 11) is 0. The molecule has 0 radical (unpaired) electrons. The highest BCUT2D eigenvalue weighted by Crippen LogP contribution is 2.40. The molecule has 1 heterocycles. The minimum absolute atomic E-state index is 0.336. The van der Waals surface area contributed by atoms with E-state index in [2.05, 4.69) is 51.3 Å². The molecule has 0 N–H and O–H groups in total. The molecule has 0 aliphatic heterocycles. The van der Waals surface area contributed by atoms with Crippen molar-refractivity contribution in [3.8, 4) is 11.1 Å². The first-order valence-corrected chi connectivity index (χ1v) is 8.05. The molecule has 100 valence electrons. The third kappa shape index (κ3) is 2.14. The summed E-state index contributed by atoms with van der Waals surface area (Å²) in [5.41, 5.74) is 7.73. The van der Waals surface area contributed by atoms with Crippen LogP contribution in [-0.2, 0) is 11.8 Å². The van der Waals surface area contributed by atoms with Crippen LogP contribution in [0.15, 0.2) is 23.6 Å². The minimum Gasteiger partial charge on any atom is -0.148 e. The highest BCUT2D eigenvalue weighted by atomic mass is 32.1. The van der Waals surface area contributed by atoms with E-state index in [1.807, 2.05) is 11.3 Å². The number of fused-ring (bicyclic) bond motifs is 1. The van der Waals surface area contributed by atoms with Gasteiger partial charge in [0.05, 0.1) is 0 Å². The molecule has 0 amide bonds. The lowest BCUT2D eigenvalue weighted by Gasteiger charge is -2.33. The number of hydrogen-bond acceptors (Lipinski definition) is 1. The summed E-state index contributed by atoms with van der Waals surface area (Å²) < 4.78 is 0. The van der Waals surface area contributed by atoms with Crippen LogP contribution in [0.2, 0.25) is 0 Å². The molecule has 19 heavy (non-hydrogen) atoms. The van der Waals surface area contributed by atoms with Gasteiger partial charge < -0.3 is 0 Å². The molecule has 0 saturated carbocycles. The van der Waals surface area contributed by atoms with Crippen molar-refractivity contribution in [1.82, 2.24) is 0 Å².